The van der Waals surface area contributed by atoms with Crippen molar-refractivity contribution in [3.05, 3.63) is 12.2 Å². The first kappa shape index (κ1) is 15.2. The highest BCUT2D eigenvalue weighted by Crippen LogP contribution is 2.36. The first-order chi connectivity index (χ1) is 6.81. The monoisotopic (exact) mass is 248 g/mol. The van der Waals surface area contributed by atoms with E-state index in [9.17, 15) is 0 Å². The van der Waals surface area contributed by atoms with Gasteiger partial charge in [0, 0.05) is 12.5 Å². The highest BCUT2D eigenvalue weighted by atomic mass is 35.5. The van der Waals surface area contributed by atoms with Gasteiger partial charge in [-0.25, -0.2) is 0 Å². The van der Waals surface area contributed by atoms with Crippen LogP contribution in [0.15, 0.2) is 12.2 Å². The molecule has 0 aliphatic rings. The van der Waals surface area contributed by atoms with Crippen LogP contribution in [0.3, 0.4) is 0 Å². The molecule has 0 unspecified atom stereocenters. The normalized spacial score (nSPS) is 13.7. The molecule has 0 atom stereocenters. The van der Waals surface area contributed by atoms with Gasteiger partial charge in [-0.05, 0) is 31.0 Å². The molecule has 0 spiro atoms. The molecule has 0 heterocycles. The fourth-order valence-corrected chi connectivity index (χ4v) is 2.08. The largest absolute Gasteiger partial charge is 0.417 e. The minimum atomic E-state index is -1.53. The predicted octanol–water partition coefficient (Wildman–Crippen LogP) is 4.58. The Labute approximate surface area is 101 Å². The predicted molar refractivity (Wildman–Crippen MR) is 72.2 cm³/mol. The Balaban J connectivity index is 3.76. The molecule has 0 radical (unpaired) electrons. The molecule has 0 bridgehead atoms. The second-order valence-corrected chi connectivity index (χ2v) is 10.5. The molecule has 0 amide bonds. The summed E-state index contributed by atoms with van der Waals surface area (Å²) in [6.45, 7) is 12.2. The second-order valence-electron chi connectivity index (χ2n) is 5.35. The summed E-state index contributed by atoms with van der Waals surface area (Å²) in [5, 5.41) is 0.312. The van der Waals surface area contributed by atoms with E-state index in [0.29, 0.717) is 10.9 Å². The van der Waals surface area contributed by atoms with Crippen LogP contribution in [0, 0.1) is 0 Å². The molecule has 1 nitrogen and oxygen atoms in total. The summed E-state index contributed by atoms with van der Waals surface area (Å²) < 4.78 is 6.03. The second kappa shape index (κ2) is 6.72. The Hall–Kier alpha value is 0.207. The van der Waals surface area contributed by atoms with Gasteiger partial charge in [0.2, 0.25) is 0 Å². The quantitative estimate of drug-likeness (QED) is 0.289. The lowest BCUT2D eigenvalue weighted by Gasteiger charge is -2.36. The van der Waals surface area contributed by atoms with Crippen LogP contribution >= 0.6 is 11.6 Å². The minimum absolute atomic E-state index is 0.312. The first-order valence-electron chi connectivity index (χ1n) is 5.66. The number of hydrogen-bond donors (Lipinski definition) is 0. The summed E-state index contributed by atoms with van der Waals surface area (Å²) in [5.41, 5.74) is 0. The highest BCUT2D eigenvalue weighted by Gasteiger charge is 2.36. The summed E-state index contributed by atoms with van der Waals surface area (Å²) in [6, 6.07) is 0. The van der Waals surface area contributed by atoms with Crippen LogP contribution in [0.4, 0.5) is 0 Å². The zero-order valence-electron chi connectivity index (χ0n) is 10.8. The van der Waals surface area contributed by atoms with Gasteiger partial charge in [0.25, 0.3) is 0 Å². The van der Waals surface area contributed by atoms with Crippen LogP contribution in [0.25, 0.3) is 0 Å². The van der Waals surface area contributed by atoms with Crippen molar-refractivity contribution in [2.24, 2.45) is 0 Å². The molecule has 0 saturated heterocycles. The van der Waals surface area contributed by atoms with E-state index in [2.05, 4.69) is 46.0 Å². The molecular formula is C12H25ClOSi. The lowest BCUT2D eigenvalue weighted by molar-refractivity contribution is 0.294. The Morgan fingerprint density at radius 1 is 1.13 bits per heavy atom. The molecule has 0 aromatic heterocycles. The van der Waals surface area contributed by atoms with Gasteiger partial charge < -0.3 is 4.43 Å². The fraction of sp³-hybridized carbons (Fsp3) is 0.833. The molecular weight excluding hydrogens is 224 g/mol. The highest BCUT2D eigenvalue weighted by molar-refractivity contribution is 6.74. The van der Waals surface area contributed by atoms with Crippen molar-refractivity contribution in [2.75, 3.05) is 12.5 Å². The Morgan fingerprint density at radius 3 is 2.13 bits per heavy atom. The van der Waals surface area contributed by atoms with Gasteiger partial charge in [-0.2, -0.15) is 0 Å². The molecule has 0 aliphatic carbocycles. The van der Waals surface area contributed by atoms with Crippen molar-refractivity contribution >= 4 is 19.9 Å². The van der Waals surface area contributed by atoms with Gasteiger partial charge >= 0.3 is 0 Å². The summed E-state index contributed by atoms with van der Waals surface area (Å²) in [5.74, 6) is 0.708. The Bertz CT molecular complexity index is 194. The SMILES string of the molecule is CC(C)(C)[Si](C)(C)OCC/C=C\CCCl. The van der Waals surface area contributed by atoms with Crippen molar-refractivity contribution in [3.8, 4) is 0 Å². The molecule has 3 heteroatoms. The van der Waals surface area contributed by atoms with Crippen molar-refractivity contribution in [1.29, 1.82) is 0 Å². The smallest absolute Gasteiger partial charge is 0.191 e. The zero-order valence-corrected chi connectivity index (χ0v) is 12.5. The van der Waals surface area contributed by atoms with Crippen molar-refractivity contribution in [2.45, 2.75) is 51.7 Å². The summed E-state index contributed by atoms with van der Waals surface area (Å²) in [6.07, 6.45) is 6.25. The van der Waals surface area contributed by atoms with Crippen LogP contribution in [0.2, 0.25) is 18.1 Å². The lowest BCUT2D eigenvalue weighted by Crippen LogP contribution is -2.40. The van der Waals surface area contributed by atoms with Gasteiger partial charge in [-0.1, -0.05) is 32.9 Å². The van der Waals surface area contributed by atoms with Crippen molar-refractivity contribution < 1.29 is 4.43 Å². The maximum absolute atomic E-state index is 6.03. The molecule has 0 aromatic rings. The van der Waals surface area contributed by atoms with E-state index in [-0.39, 0.29) is 0 Å². The Kier molecular flexibility index (Phi) is 6.81. The number of rotatable bonds is 6. The van der Waals surface area contributed by atoms with E-state index in [1.807, 2.05) is 0 Å². The molecule has 0 N–H and O–H groups in total. The van der Waals surface area contributed by atoms with Gasteiger partial charge in [-0.15, -0.1) is 11.6 Å². The van der Waals surface area contributed by atoms with Crippen LogP contribution in [0.1, 0.15) is 33.6 Å². The van der Waals surface area contributed by atoms with Crippen LogP contribution in [-0.4, -0.2) is 20.8 Å². The third kappa shape index (κ3) is 6.39. The summed E-state index contributed by atoms with van der Waals surface area (Å²) in [7, 11) is -1.53. The molecule has 0 saturated carbocycles. The number of halogens is 1. The van der Waals surface area contributed by atoms with E-state index < -0.39 is 8.32 Å². The molecule has 0 fully saturated rings. The molecule has 90 valence electrons. The van der Waals surface area contributed by atoms with Crippen molar-refractivity contribution in [1.82, 2.24) is 0 Å². The van der Waals surface area contributed by atoms with Gasteiger partial charge in [-0.3, -0.25) is 0 Å². The third-order valence-electron chi connectivity index (χ3n) is 3.00. The van der Waals surface area contributed by atoms with Gasteiger partial charge in [0.15, 0.2) is 8.32 Å². The number of alkyl halides is 1. The summed E-state index contributed by atoms with van der Waals surface area (Å²) >= 11 is 5.57. The summed E-state index contributed by atoms with van der Waals surface area (Å²) in [4.78, 5) is 0. The van der Waals surface area contributed by atoms with Crippen LogP contribution in [-0.2, 0) is 4.43 Å². The first-order valence-corrected chi connectivity index (χ1v) is 9.10. The maximum atomic E-state index is 6.03. The Morgan fingerprint density at radius 2 is 1.67 bits per heavy atom. The minimum Gasteiger partial charge on any atom is -0.417 e. The van der Waals surface area contributed by atoms with Crippen LogP contribution < -0.4 is 0 Å². The van der Waals surface area contributed by atoms with E-state index in [1.165, 1.54) is 0 Å². The zero-order chi connectivity index (χ0) is 11.9. The number of hydrogen-bond acceptors (Lipinski definition) is 1. The topological polar surface area (TPSA) is 9.23 Å². The molecule has 15 heavy (non-hydrogen) atoms. The van der Waals surface area contributed by atoms with E-state index in [1.54, 1.807) is 0 Å². The van der Waals surface area contributed by atoms with Gasteiger partial charge in [0.1, 0.15) is 0 Å². The number of allylic oxidation sites excluding steroid dienone is 1. The maximum Gasteiger partial charge on any atom is 0.191 e. The van der Waals surface area contributed by atoms with E-state index >= 15 is 0 Å². The van der Waals surface area contributed by atoms with E-state index in [0.717, 1.165) is 19.4 Å². The molecule has 0 aliphatic heterocycles. The molecule has 0 aromatic carbocycles. The average molecular weight is 249 g/mol. The molecule has 0 rings (SSSR count). The standard InChI is InChI=1S/C12H25ClOSi/c1-12(2,3)15(4,5)14-11-9-7-6-8-10-13/h6-7H,8-11H2,1-5H3/b7-6-. The fourth-order valence-electron chi connectivity index (χ4n) is 0.897. The van der Waals surface area contributed by atoms with Crippen LogP contribution in [0.5, 0.6) is 0 Å². The van der Waals surface area contributed by atoms with Gasteiger partial charge in [0.05, 0.1) is 0 Å². The third-order valence-corrected chi connectivity index (χ3v) is 7.75. The lowest BCUT2D eigenvalue weighted by atomic mass is 10.2. The van der Waals surface area contributed by atoms with Crippen molar-refractivity contribution in [3.63, 3.8) is 0 Å². The van der Waals surface area contributed by atoms with E-state index in [4.69, 9.17) is 16.0 Å². The average Bonchev–Trinajstić information content (AvgIpc) is 2.09.